The minimum absolute atomic E-state index is 0. The summed E-state index contributed by atoms with van der Waals surface area (Å²) in [6.07, 6.45) is 0. The van der Waals surface area contributed by atoms with Gasteiger partial charge < -0.3 is 5.73 Å². The van der Waals surface area contributed by atoms with Crippen LogP contribution >= 0.6 is 35.6 Å². The molecule has 0 saturated heterocycles. The van der Waals surface area contributed by atoms with Crippen LogP contribution in [0.1, 0.15) is 16.7 Å². The molecular weight excluding hydrogens is 301 g/mol. The summed E-state index contributed by atoms with van der Waals surface area (Å²) in [6, 6.07) is 9.95. The molecular formula is C15H16Cl3N. The van der Waals surface area contributed by atoms with Crippen LogP contribution < -0.4 is 5.73 Å². The fraction of sp³-hybridized carbons (Fsp3) is 0.200. The lowest BCUT2D eigenvalue weighted by Crippen LogP contribution is -2.02. The molecule has 0 amide bonds. The molecule has 0 atom stereocenters. The summed E-state index contributed by atoms with van der Waals surface area (Å²) in [5.41, 5.74) is 11.6. The Kier molecular flexibility index (Phi) is 5.69. The Bertz CT molecular complexity index is 571. The van der Waals surface area contributed by atoms with E-state index in [9.17, 15) is 0 Å². The Balaban J connectivity index is 0.00000180. The molecule has 4 heteroatoms. The van der Waals surface area contributed by atoms with Gasteiger partial charge in [-0.2, -0.15) is 0 Å². The van der Waals surface area contributed by atoms with Gasteiger partial charge in [0, 0.05) is 6.54 Å². The minimum atomic E-state index is 0. The molecule has 2 rings (SSSR count). The topological polar surface area (TPSA) is 26.0 Å². The summed E-state index contributed by atoms with van der Waals surface area (Å²) in [4.78, 5) is 0. The van der Waals surface area contributed by atoms with Crippen molar-refractivity contribution in [3.8, 4) is 11.1 Å². The summed E-state index contributed by atoms with van der Waals surface area (Å²) in [7, 11) is 0. The largest absolute Gasteiger partial charge is 0.326 e. The molecule has 0 aliphatic rings. The molecule has 19 heavy (non-hydrogen) atoms. The van der Waals surface area contributed by atoms with Crippen molar-refractivity contribution in [2.24, 2.45) is 5.73 Å². The van der Waals surface area contributed by atoms with Crippen LogP contribution in [0.5, 0.6) is 0 Å². The normalized spacial score (nSPS) is 10.2. The van der Waals surface area contributed by atoms with E-state index in [4.69, 9.17) is 28.9 Å². The van der Waals surface area contributed by atoms with Crippen LogP contribution in [-0.2, 0) is 6.54 Å². The lowest BCUT2D eigenvalue weighted by atomic mass is 9.96. The molecule has 0 radical (unpaired) electrons. The van der Waals surface area contributed by atoms with Crippen molar-refractivity contribution in [3.05, 3.63) is 57.1 Å². The van der Waals surface area contributed by atoms with Gasteiger partial charge in [0.05, 0.1) is 10.0 Å². The number of rotatable bonds is 2. The van der Waals surface area contributed by atoms with E-state index in [1.54, 1.807) is 0 Å². The van der Waals surface area contributed by atoms with E-state index >= 15 is 0 Å². The Morgan fingerprint density at radius 2 is 1.47 bits per heavy atom. The maximum absolute atomic E-state index is 6.05. The molecule has 0 aromatic heterocycles. The molecule has 2 N–H and O–H groups in total. The smallest absolute Gasteiger partial charge is 0.0598 e. The van der Waals surface area contributed by atoms with Crippen molar-refractivity contribution in [2.75, 3.05) is 0 Å². The van der Waals surface area contributed by atoms with Gasteiger partial charge >= 0.3 is 0 Å². The lowest BCUT2D eigenvalue weighted by molar-refractivity contribution is 1.03. The van der Waals surface area contributed by atoms with Crippen LogP contribution in [0, 0.1) is 13.8 Å². The average Bonchev–Trinajstić information content (AvgIpc) is 2.32. The van der Waals surface area contributed by atoms with Crippen LogP contribution in [-0.4, -0.2) is 0 Å². The predicted octanol–water partition coefficient (Wildman–Crippen LogP) is 5.16. The summed E-state index contributed by atoms with van der Waals surface area (Å²) in [5.74, 6) is 0. The quantitative estimate of drug-likeness (QED) is 0.814. The molecule has 0 heterocycles. The third kappa shape index (κ3) is 3.43. The maximum atomic E-state index is 6.05. The van der Waals surface area contributed by atoms with E-state index < -0.39 is 0 Å². The Morgan fingerprint density at radius 1 is 0.895 bits per heavy atom. The number of nitrogens with two attached hydrogens (primary N) is 1. The zero-order chi connectivity index (χ0) is 13.3. The van der Waals surface area contributed by atoms with Crippen LogP contribution in [0.3, 0.4) is 0 Å². The highest BCUT2D eigenvalue weighted by molar-refractivity contribution is 6.42. The third-order valence-corrected chi connectivity index (χ3v) is 3.89. The second-order valence-electron chi connectivity index (χ2n) is 4.42. The Morgan fingerprint density at radius 3 is 1.95 bits per heavy atom. The minimum Gasteiger partial charge on any atom is -0.326 e. The van der Waals surface area contributed by atoms with Crippen molar-refractivity contribution >= 4 is 35.6 Å². The molecule has 0 aliphatic heterocycles. The summed E-state index contributed by atoms with van der Waals surface area (Å²) >= 11 is 12.0. The second-order valence-corrected chi connectivity index (χ2v) is 5.24. The first-order valence-electron chi connectivity index (χ1n) is 5.78. The lowest BCUT2D eigenvalue weighted by Gasteiger charge is -2.11. The number of hydrogen-bond donors (Lipinski definition) is 1. The highest BCUT2D eigenvalue weighted by Gasteiger charge is 2.07. The second kappa shape index (κ2) is 6.62. The first-order valence-corrected chi connectivity index (χ1v) is 6.54. The van der Waals surface area contributed by atoms with Crippen LogP contribution in [0.4, 0.5) is 0 Å². The fourth-order valence-electron chi connectivity index (χ4n) is 2.16. The molecule has 2 aromatic carbocycles. The molecule has 0 spiro atoms. The number of aryl methyl sites for hydroxylation is 2. The van der Waals surface area contributed by atoms with E-state index in [1.165, 1.54) is 16.7 Å². The molecule has 0 saturated carbocycles. The number of benzene rings is 2. The summed E-state index contributed by atoms with van der Waals surface area (Å²) in [6.45, 7) is 4.73. The van der Waals surface area contributed by atoms with E-state index in [2.05, 4.69) is 26.0 Å². The maximum Gasteiger partial charge on any atom is 0.0598 e. The van der Waals surface area contributed by atoms with Gasteiger partial charge in [0.2, 0.25) is 0 Å². The summed E-state index contributed by atoms with van der Waals surface area (Å²) < 4.78 is 0. The highest BCUT2D eigenvalue weighted by atomic mass is 35.5. The van der Waals surface area contributed by atoms with Gasteiger partial charge in [-0.05, 0) is 53.8 Å². The SMILES string of the molecule is Cc1cc(-c2ccc(Cl)c(Cl)c2)cc(C)c1CN.Cl. The number of hydrogen-bond acceptors (Lipinski definition) is 1. The van der Waals surface area contributed by atoms with Crippen molar-refractivity contribution in [1.29, 1.82) is 0 Å². The van der Waals surface area contributed by atoms with Gasteiger partial charge in [0.15, 0.2) is 0 Å². The van der Waals surface area contributed by atoms with E-state index in [-0.39, 0.29) is 12.4 Å². The van der Waals surface area contributed by atoms with Gasteiger partial charge in [0.1, 0.15) is 0 Å². The first kappa shape index (κ1) is 16.3. The zero-order valence-electron chi connectivity index (χ0n) is 10.8. The van der Waals surface area contributed by atoms with Crippen LogP contribution in [0.25, 0.3) is 11.1 Å². The van der Waals surface area contributed by atoms with Gasteiger partial charge in [-0.3, -0.25) is 0 Å². The average molecular weight is 317 g/mol. The molecule has 1 nitrogen and oxygen atoms in total. The van der Waals surface area contributed by atoms with E-state index in [1.807, 2.05) is 18.2 Å². The van der Waals surface area contributed by atoms with Crippen LogP contribution in [0.15, 0.2) is 30.3 Å². The van der Waals surface area contributed by atoms with Gasteiger partial charge in [0.25, 0.3) is 0 Å². The zero-order valence-corrected chi connectivity index (χ0v) is 13.2. The van der Waals surface area contributed by atoms with Gasteiger partial charge in [-0.25, -0.2) is 0 Å². The standard InChI is InChI=1S/C15H15Cl2N.ClH/c1-9-5-12(6-10(2)13(9)8-18)11-3-4-14(16)15(17)7-11;/h3-7H,8,18H2,1-2H3;1H. The van der Waals surface area contributed by atoms with Crippen molar-refractivity contribution in [1.82, 2.24) is 0 Å². The van der Waals surface area contributed by atoms with Gasteiger partial charge in [-0.1, -0.05) is 41.4 Å². The summed E-state index contributed by atoms with van der Waals surface area (Å²) in [5, 5.41) is 1.15. The number of halogens is 3. The monoisotopic (exact) mass is 315 g/mol. The Labute approximate surface area is 130 Å². The third-order valence-electron chi connectivity index (χ3n) is 3.15. The fourth-order valence-corrected chi connectivity index (χ4v) is 2.46. The van der Waals surface area contributed by atoms with E-state index in [0.29, 0.717) is 16.6 Å². The first-order chi connectivity index (χ1) is 8.52. The van der Waals surface area contributed by atoms with Gasteiger partial charge in [-0.15, -0.1) is 12.4 Å². The highest BCUT2D eigenvalue weighted by Crippen LogP contribution is 2.30. The molecule has 102 valence electrons. The molecule has 0 bridgehead atoms. The van der Waals surface area contributed by atoms with Crippen LogP contribution in [0.2, 0.25) is 10.0 Å². The van der Waals surface area contributed by atoms with Crippen molar-refractivity contribution in [3.63, 3.8) is 0 Å². The van der Waals surface area contributed by atoms with Crippen molar-refractivity contribution < 1.29 is 0 Å². The predicted molar refractivity (Wildman–Crippen MR) is 86.5 cm³/mol. The molecule has 0 fully saturated rings. The molecule has 2 aromatic rings. The van der Waals surface area contributed by atoms with E-state index in [0.717, 1.165) is 11.1 Å². The van der Waals surface area contributed by atoms with Crippen molar-refractivity contribution in [2.45, 2.75) is 20.4 Å². The Hall–Kier alpha value is -0.730. The molecule has 0 aliphatic carbocycles. The molecule has 0 unspecified atom stereocenters.